The van der Waals surface area contributed by atoms with Gasteiger partial charge in [0.25, 0.3) is 0 Å². The fraction of sp³-hybridized carbons (Fsp3) is 0.200. The first-order valence-corrected chi connectivity index (χ1v) is 18.9. The van der Waals surface area contributed by atoms with E-state index in [0.29, 0.717) is 0 Å². The van der Waals surface area contributed by atoms with Gasteiger partial charge in [0.1, 0.15) is 0 Å². The minimum Gasteiger partial charge on any atom is -0.413 e. The second kappa shape index (κ2) is 8.76. The van der Waals surface area contributed by atoms with E-state index in [1.165, 1.54) is 0 Å². The maximum Gasteiger partial charge on any atom is 0.342 e. The van der Waals surface area contributed by atoms with E-state index in [1.807, 2.05) is 0 Å². The van der Waals surface area contributed by atoms with Gasteiger partial charge in [0.05, 0.1) is 0 Å². The van der Waals surface area contributed by atoms with Crippen LogP contribution in [0, 0.1) is 0 Å². The predicted octanol–water partition coefficient (Wildman–Crippen LogP) is 7.35. The van der Waals surface area contributed by atoms with Crippen LogP contribution in [0.15, 0.2) is 146 Å². The molecule has 0 radical (unpaired) electrons. The van der Waals surface area contributed by atoms with Crippen LogP contribution in [0.1, 0.15) is 0 Å². The topological polar surface area (TPSA) is 27.7 Å². The minimum atomic E-state index is -2.98. The van der Waals surface area contributed by atoms with Gasteiger partial charge in [-0.1, -0.05) is 146 Å². The van der Waals surface area contributed by atoms with Crippen molar-refractivity contribution in [3.8, 4) is 0 Å². The molecule has 6 aliphatic carbocycles. The highest BCUT2D eigenvalue weighted by Crippen LogP contribution is 2.60. The summed E-state index contributed by atoms with van der Waals surface area (Å²) >= 11 is 0. The van der Waals surface area contributed by atoms with Crippen LogP contribution in [0.2, 0.25) is 33.2 Å². The van der Waals surface area contributed by atoms with Crippen LogP contribution in [-0.2, 0) is 12.3 Å². The standard InChI is InChI=1S/C30H30O3Si3/c1-2-14-25(13-1)34(26-15-3-4-16-26)31-35(27-17-5-6-18-27,28-19-7-8-20-28)33-36(32-34,29-21-9-10-22-29)30-23-11-12-24-30/h1-30H. The maximum absolute atomic E-state index is 7.73. The van der Waals surface area contributed by atoms with E-state index in [-0.39, 0.29) is 33.2 Å². The molecule has 1 saturated heterocycles. The molecule has 6 heteroatoms. The molecule has 0 spiro atoms. The molecule has 1 fully saturated rings. The van der Waals surface area contributed by atoms with Crippen LogP contribution in [0.3, 0.4) is 0 Å². The average molecular weight is 523 g/mol. The molecule has 0 aromatic carbocycles. The average Bonchev–Trinajstić information content (AvgIpc) is 3.80. The van der Waals surface area contributed by atoms with E-state index in [9.17, 15) is 0 Å². The molecule has 0 unspecified atom stereocenters. The van der Waals surface area contributed by atoms with Crippen LogP contribution in [0.5, 0.6) is 0 Å². The van der Waals surface area contributed by atoms with Crippen LogP contribution in [-0.4, -0.2) is 25.7 Å². The van der Waals surface area contributed by atoms with E-state index >= 15 is 0 Å². The first kappa shape index (κ1) is 22.6. The summed E-state index contributed by atoms with van der Waals surface area (Å²) in [6.07, 6.45) is 53.5. The predicted molar refractivity (Wildman–Crippen MR) is 153 cm³/mol. The van der Waals surface area contributed by atoms with Crippen molar-refractivity contribution in [2.75, 3.05) is 0 Å². The van der Waals surface area contributed by atoms with Crippen LogP contribution < -0.4 is 0 Å². The lowest BCUT2D eigenvalue weighted by Crippen LogP contribution is -2.75. The number of hydrogen-bond donors (Lipinski definition) is 0. The lowest BCUT2D eigenvalue weighted by molar-refractivity contribution is 0.197. The van der Waals surface area contributed by atoms with Crippen molar-refractivity contribution in [2.45, 2.75) is 33.2 Å². The number of hydrogen-bond acceptors (Lipinski definition) is 3. The van der Waals surface area contributed by atoms with Crippen LogP contribution in [0.25, 0.3) is 0 Å². The van der Waals surface area contributed by atoms with E-state index in [1.54, 1.807) is 0 Å². The third kappa shape index (κ3) is 3.33. The van der Waals surface area contributed by atoms with Crippen LogP contribution in [0.4, 0.5) is 0 Å². The molecule has 0 atom stereocenters. The van der Waals surface area contributed by atoms with Crippen molar-refractivity contribution in [3.05, 3.63) is 146 Å². The highest BCUT2D eigenvalue weighted by atomic mass is 28.5. The largest absolute Gasteiger partial charge is 0.413 e. The Morgan fingerprint density at radius 3 is 0.528 bits per heavy atom. The number of allylic oxidation sites excluding steroid dienone is 24. The first-order chi connectivity index (χ1) is 17.8. The second-order valence-corrected chi connectivity index (χ2v) is 21.0. The molecule has 36 heavy (non-hydrogen) atoms. The second-order valence-electron chi connectivity index (χ2n) is 10.2. The highest BCUT2D eigenvalue weighted by Gasteiger charge is 2.72. The molecule has 0 bridgehead atoms. The van der Waals surface area contributed by atoms with E-state index in [0.717, 1.165) is 0 Å². The zero-order chi connectivity index (χ0) is 24.1. The van der Waals surface area contributed by atoms with Gasteiger partial charge in [-0.05, 0) is 0 Å². The van der Waals surface area contributed by atoms with Crippen LogP contribution >= 0.6 is 0 Å². The molecule has 0 saturated carbocycles. The molecular weight excluding hydrogens is 493 g/mol. The summed E-state index contributed by atoms with van der Waals surface area (Å²) in [5, 5.41) is 0. The Balaban J connectivity index is 1.49. The Morgan fingerprint density at radius 2 is 0.389 bits per heavy atom. The Morgan fingerprint density at radius 1 is 0.250 bits per heavy atom. The Kier molecular flexibility index (Phi) is 5.50. The quantitative estimate of drug-likeness (QED) is 0.341. The summed E-state index contributed by atoms with van der Waals surface area (Å²) < 4.78 is 23.2. The van der Waals surface area contributed by atoms with Gasteiger partial charge in [0, 0.05) is 33.2 Å². The van der Waals surface area contributed by atoms with Crippen molar-refractivity contribution < 1.29 is 12.3 Å². The lowest BCUT2D eigenvalue weighted by atomic mass is 10.4. The van der Waals surface area contributed by atoms with Gasteiger partial charge < -0.3 is 12.3 Å². The molecule has 0 aromatic heterocycles. The zero-order valence-electron chi connectivity index (χ0n) is 20.0. The highest BCUT2D eigenvalue weighted by molar-refractivity contribution is 6.99. The van der Waals surface area contributed by atoms with Crippen molar-refractivity contribution in [2.24, 2.45) is 0 Å². The molecular formula is C30H30O3Si3. The summed E-state index contributed by atoms with van der Waals surface area (Å²) in [6, 6.07) is 0. The normalized spacial score (nSPS) is 29.7. The molecule has 1 aliphatic heterocycles. The first-order valence-electron chi connectivity index (χ1n) is 13.0. The summed E-state index contributed by atoms with van der Waals surface area (Å²) in [7, 11) is -8.93. The van der Waals surface area contributed by atoms with Gasteiger partial charge in [-0.2, -0.15) is 0 Å². The fourth-order valence-electron chi connectivity index (χ4n) is 6.49. The molecule has 7 rings (SSSR count). The van der Waals surface area contributed by atoms with Crippen molar-refractivity contribution in [1.82, 2.24) is 0 Å². The van der Waals surface area contributed by atoms with Gasteiger partial charge in [0.2, 0.25) is 0 Å². The third-order valence-corrected chi connectivity index (χ3v) is 23.8. The summed E-state index contributed by atoms with van der Waals surface area (Å²) in [4.78, 5) is 0. The molecule has 0 aromatic rings. The monoisotopic (exact) mass is 522 g/mol. The summed E-state index contributed by atoms with van der Waals surface area (Å²) in [6.45, 7) is 0. The summed E-state index contributed by atoms with van der Waals surface area (Å²) in [5.74, 6) is 0. The Labute approximate surface area is 216 Å². The zero-order valence-corrected chi connectivity index (χ0v) is 23.0. The summed E-state index contributed by atoms with van der Waals surface area (Å²) in [5.41, 5.74) is 0.778. The SMILES string of the molecule is C1=CC([Si]2(C3C=CC=C3)O[Si](C3C=CC=C3)(C3C=CC=C3)O[Si](C3C=CC=C3)(C3C=CC=C3)O2)C=C1. The molecule has 180 valence electrons. The van der Waals surface area contributed by atoms with Crippen molar-refractivity contribution >= 4 is 25.7 Å². The lowest BCUT2D eigenvalue weighted by Gasteiger charge is -2.60. The van der Waals surface area contributed by atoms with E-state index in [2.05, 4.69) is 146 Å². The van der Waals surface area contributed by atoms with Crippen molar-refractivity contribution in [1.29, 1.82) is 0 Å². The van der Waals surface area contributed by atoms with Gasteiger partial charge in [-0.15, -0.1) is 0 Å². The van der Waals surface area contributed by atoms with Gasteiger partial charge in [-0.25, -0.2) is 0 Å². The van der Waals surface area contributed by atoms with Crippen molar-refractivity contribution in [3.63, 3.8) is 0 Å². The minimum absolute atomic E-state index is 0.130. The maximum atomic E-state index is 7.73. The number of rotatable bonds is 6. The molecule has 3 nitrogen and oxygen atoms in total. The van der Waals surface area contributed by atoms with E-state index in [4.69, 9.17) is 12.3 Å². The molecule has 1 heterocycles. The van der Waals surface area contributed by atoms with Gasteiger partial charge >= 0.3 is 25.7 Å². The smallest absolute Gasteiger partial charge is 0.342 e. The molecule has 7 aliphatic rings. The Hall–Kier alpha value is -2.59. The van der Waals surface area contributed by atoms with Gasteiger partial charge in [0.15, 0.2) is 0 Å². The third-order valence-electron chi connectivity index (χ3n) is 8.23. The Bertz CT molecular complexity index is 963. The van der Waals surface area contributed by atoms with E-state index < -0.39 is 25.7 Å². The van der Waals surface area contributed by atoms with Gasteiger partial charge in [-0.3, -0.25) is 0 Å². The fourth-order valence-corrected chi connectivity index (χ4v) is 26.5. The molecule has 0 amide bonds. The molecule has 0 N–H and O–H groups in total.